The number of nitrogens with one attached hydrogen (secondary N) is 1. The zero-order valence-corrected chi connectivity index (χ0v) is 15.6. The van der Waals surface area contributed by atoms with E-state index in [1.54, 1.807) is 0 Å². The first-order valence-electron chi connectivity index (χ1n) is 5.91. The minimum atomic E-state index is -1.34. The van der Waals surface area contributed by atoms with Gasteiger partial charge in [-0.1, -0.05) is 11.8 Å². The summed E-state index contributed by atoms with van der Waals surface area (Å²) in [6.45, 7) is 0. The van der Waals surface area contributed by atoms with Crippen LogP contribution < -0.4 is 61.8 Å². The molecule has 1 N–H and O–H groups in total. The van der Waals surface area contributed by atoms with Gasteiger partial charge < -0.3 is 15.2 Å². The Hall–Kier alpha value is -0.774. The summed E-state index contributed by atoms with van der Waals surface area (Å²) in [5.41, 5.74) is 0.403. The number of thioether (sulfide) groups is 1. The largest absolute Gasteiger partial charge is 1.00 e. The second-order valence-electron chi connectivity index (χ2n) is 3.99. The molecule has 0 aliphatic carbocycles. The van der Waals surface area contributed by atoms with E-state index in [0.29, 0.717) is 5.69 Å². The predicted octanol–water partition coefficient (Wildman–Crippen LogP) is -1.68. The van der Waals surface area contributed by atoms with Crippen molar-refractivity contribution in [3.63, 3.8) is 0 Å². The summed E-state index contributed by atoms with van der Waals surface area (Å²) in [4.78, 5) is 26.5. The molecule has 1 aromatic carbocycles. The third kappa shape index (κ3) is 5.79. The van der Waals surface area contributed by atoms with Crippen molar-refractivity contribution in [2.45, 2.75) is 5.03 Å². The number of benzene rings is 1. The Morgan fingerprint density at radius 1 is 1.23 bits per heavy atom. The normalized spacial score (nSPS) is 9.68. The van der Waals surface area contributed by atoms with Crippen LogP contribution in [0.1, 0.15) is 10.4 Å². The number of hydrogen-bond donors (Lipinski definition) is 1. The smallest absolute Gasteiger partial charge is 0.545 e. The summed E-state index contributed by atoms with van der Waals surface area (Å²) in [6, 6.07) is 8.18. The van der Waals surface area contributed by atoms with E-state index in [1.807, 2.05) is 0 Å². The third-order valence-corrected chi connectivity index (χ3v) is 3.46. The van der Waals surface area contributed by atoms with Crippen LogP contribution in [0.2, 0.25) is 0 Å². The molecule has 0 spiro atoms. The fourth-order valence-electron chi connectivity index (χ4n) is 1.53. The Morgan fingerprint density at radius 3 is 2.55 bits per heavy atom. The molecule has 0 saturated heterocycles. The van der Waals surface area contributed by atoms with Crippen LogP contribution in [0.5, 0.6) is 0 Å². The van der Waals surface area contributed by atoms with Gasteiger partial charge in [-0.15, -0.1) is 0 Å². The number of aromatic carboxylic acids is 1. The second kappa shape index (κ2) is 9.38. The van der Waals surface area contributed by atoms with E-state index in [-0.39, 0.29) is 73.6 Å². The second-order valence-corrected chi connectivity index (χ2v) is 4.95. The van der Waals surface area contributed by atoms with Crippen LogP contribution in [-0.4, -0.2) is 22.6 Å². The van der Waals surface area contributed by atoms with Crippen LogP contribution >= 0.6 is 11.8 Å². The number of carboxylic acid groups (broad SMARTS) is 1. The first-order chi connectivity index (χ1) is 10.1. The topological polar surface area (TPSA) is 82.1 Å². The standard InChI is InChI=1S/C14H11FN2O3S.K/c15-9-3-5-10(6-4-9)17-12(18)8-21-13-11(14(19)20)2-1-7-16-13;/h1-7H,8H2,(H,17,18)(H,19,20);/q;+1/p-1. The van der Waals surface area contributed by atoms with Crippen LogP contribution in [0, 0.1) is 5.82 Å². The molecule has 2 aromatic rings. The Labute approximate surface area is 173 Å². The molecule has 8 heteroatoms. The Balaban J connectivity index is 0.00000242. The molecule has 1 aromatic heterocycles. The molecule has 0 saturated carbocycles. The number of carboxylic acids is 1. The third-order valence-electron chi connectivity index (χ3n) is 2.46. The van der Waals surface area contributed by atoms with Gasteiger partial charge in [0, 0.05) is 17.4 Å². The van der Waals surface area contributed by atoms with E-state index in [1.165, 1.54) is 42.6 Å². The molecule has 5 nitrogen and oxygen atoms in total. The van der Waals surface area contributed by atoms with Gasteiger partial charge in [0.15, 0.2) is 0 Å². The molecule has 0 aliphatic heterocycles. The first-order valence-corrected chi connectivity index (χ1v) is 6.89. The summed E-state index contributed by atoms with van der Waals surface area (Å²) in [5, 5.41) is 13.7. The molecule has 1 heterocycles. The number of amides is 1. The summed E-state index contributed by atoms with van der Waals surface area (Å²) >= 11 is 0.988. The van der Waals surface area contributed by atoms with Gasteiger partial charge in [-0.2, -0.15) is 0 Å². The summed E-state index contributed by atoms with van der Waals surface area (Å²) in [6.07, 6.45) is 1.44. The van der Waals surface area contributed by atoms with Gasteiger partial charge in [0.2, 0.25) is 5.91 Å². The van der Waals surface area contributed by atoms with Gasteiger partial charge in [-0.25, -0.2) is 9.37 Å². The minimum Gasteiger partial charge on any atom is -0.545 e. The zero-order valence-electron chi connectivity index (χ0n) is 11.7. The summed E-state index contributed by atoms with van der Waals surface area (Å²) in [7, 11) is 0. The van der Waals surface area contributed by atoms with Crippen LogP contribution in [-0.2, 0) is 4.79 Å². The van der Waals surface area contributed by atoms with Crippen LogP contribution in [0.4, 0.5) is 10.1 Å². The maximum atomic E-state index is 12.7. The van der Waals surface area contributed by atoms with Gasteiger partial charge >= 0.3 is 51.4 Å². The van der Waals surface area contributed by atoms with Crippen molar-refractivity contribution in [2.24, 2.45) is 0 Å². The monoisotopic (exact) mass is 344 g/mol. The molecule has 0 unspecified atom stereocenters. The average molecular weight is 344 g/mol. The first kappa shape index (κ1) is 19.3. The predicted molar refractivity (Wildman–Crippen MR) is 74.3 cm³/mol. The number of aromatic nitrogens is 1. The van der Waals surface area contributed by atoms with E-state index in [2.05, 4.69) is 10.3 Å². The summed E-state index contributed by atoms with van der Waals surface area (Å²) < 4.78 is 12.7. The number of rotatable bonds is 5. The fourth-order valence-corrected chi connectivity index (χ4v) is 2.31. The van der Waals surface area contributed by atoms with Crippen molar-refractivity contribution in [3.8, 4) is 0 Å². The van der Waals surface area contributed by atoms with E-state index in [9.17, 15) is 19.1 Å². The van der Waals surface area contributed by atoms with E-state index in [0.717, 1.165) is 11.8 Å². The van der Waals surface area contributed by atoms with Gasteiger partial charge in [-0.3, -0.25) is 4.79 Å². The van der Waals surface area contributed by atoms with Gasteiger partial charge in [0.05, 0.1) is 11.7 Å². The number of nitrogens with zero attached hydrogens (tertiary/aromatic N) is 1. The molecule has 108 valence electrons. The van der Waals surface area contributed by atoms with Crippen LogP contribution in [0.25, 0.3) is 0 Å². The molecule has 0 fully saturated rings. The Morgan fingerprint density at radius 2 is 1.91 bits per heavy atom. The summed E-state index contributed by atoms with van der Waals surface area (Å²) in [5.74, 6) is -2.10. The number of anilines is 1. The quantitative estimate of drug-likeness (QED) is 0.518. The molecule has 0 bridgehead atoms. The van der Waals surface area contributed by atoms with Gasteiger partial charge in [0.25, 0.3) is 0 Å². The number of pyridine rings is 1. The maximum absolute atomic E-state index is 12.7. The molecule has 0 radical (unpaired) electrons. The maximum Gasteiger partial charge on any atom is 1.00 e. The number of carbonyl (C=O) groups excluding carboxylic acids is 2. The molecule has 1 amide bonds. The molecule has 22 heavy (non-hydrogen) atoms. The van der Waals surface area contributed by atoms with Gasteiger partial charge in [0.1, 0.15) is 10.8 Å². The minimum absolute atomic E-state index is 0. The van der Waals surface area contributed by atoms with E-state index in [4.69, 9.17) is 0 Å². The Kier molecular flexibility index (Phi) is 8.22. The molecule has 2 rings (SSSR count). The average Bonchev–Trinajstić information content (AvgIpc) is 2.48. The van der Waals surface area contributed by atoms with Crippen molar-refractivity contribution in [3.05, 3.63) is 54.0 Å². The fraction of sp³-hybridized carbons (Fsp3) is 0.0714. The van der Waals surface area contributed by atoms with Crippen molar-refractivity contribution >= 4 is 29.3 Å². The SMILES string of the molecule is O=C(CSc1ncccc1C(=O)[O-])Nc1ccc(F)cc1.[K+]. The number of carbonyl (C=O) groups is 2. The molecular weight excluding hydrogens is 334 g/mol. The molecule has 0 atom stereocenters. The molecule has 0 aliphatic rings. The van der Waals surface area contributed by atoms with Crippen LogP contribution in [0.15, 0.2) is 47.6 Å². The molecular formula is C14H10FKN2O3S. The van der Waals surface area contributed by atoms with Crippen molar-refractivity contribution in [1.29, 1.82) is 0 Å². The number of hydrogen-bond acceptors (Lipinski definition) is 5. The van der Waals surface area contributed by atoms with E-state index >= 15 is 0 Å². The van der Waals surface area contributed by atoms with Crippen molar-refractivity contribution in [2.75, 3.05) is 11.1 Å². The Bertz CT molecular complexity index is 667. The van der Waals surface area contributed by atoms with Crippen molar-refractivity contribution in [1.82, 2.24) is 4.98 Å². The van der Waals surface area contributed by atoms with Gasteiger partial charge in [-0.05, 0) is 36.4 Å². The number of halogens is 1. The van der Waals surface area contributed by atoms with E-state index < -0.39 is 11.8 Å². The zero-order chi connectivity index (χ0) is 15.2. The van der Waals surface area contributed by atoms with Crippen LogP contribution in [0.3, 0.4) is 0 Å². The van der Waals surface area contributed by atoms with Crippen molar-refractivity contribution < 1.29 is 70.5 Å².